The lowest BCUT2D eigenvalue weighted by molar-refractivity contribution is -0.125. The molecule has 2 aromatic heterocycles. The van der Waals surface area contributed by atoms with Crippen molar-refractivity contribution in [2.45, 2.75) is 65.7 Å². The number of aryl methyl sites for hydroxylation is 1. The van der Waals surface area contributed by atoms with Crippen LogP contribution in [0.1, 0.15) is 71.3 Å². The van der Waals surface area contributed by atoms with E-state index in [1.165, 1.54) is 31.2 Å². The van der Waals surface area contributed by atoms with Crippen molar-refractivity contribution in [1.29, 1.82) is 0 Å². The minimum absolute atomic E-state index is 0.0975. The molecule has 4 rings (SSSR count). The number of aromatic nitrogens is 3. The van der Waals surface area contributed by atoms with Crippen molar-refractivity contribution in [3.05, 3.63) is 24.2 Å². The van der Waals surface area contributed by atoms with E-state index in [0.29, 0.717) is 24.0 Å². The third-order valence-electron chi connectivity index (χ3n) is 7.04. The van der Waals surface area contributed by atoms with Crippen LogP contribution in [-0.2, 0) is 11.8 Å². The maximum absolute atomic E-state index is 12.7. The maximum atomic E-state index is 12.7. The van der Waals surface area contributed by atoms with Gasteiger partial charge in [-0.15, -0.1) is 0 Å². The minimum Gasteiger partial charge on any atom is -0.318 e. The van der Waals surface area contributed by atoms with Gasteiger partial charge in [0.05, 0.1) is 6.33 Å². The number of rotatable bonds is 4. The van der Waals surface area contributed by atoms with E-state index in [1.807, 2.05) is 24.1 Å². The molecule has 0 spiro atoms. The zero-order chi connectivity index (χ0) is 19.3. The Hall–Kier alpha value is -1.71. The smallest absolute Gasteiger partial charge is 0.159 e. The predicted octanol–water partition coefficient (Wildman–Crippen LogP) is 5.13. The number of carbonyl (C=O) groups is 1. The molecule has 146 valence electrons. The van der Waals surface area contributed by atoms with Crippen LogP contribution >= 0.6 is 0 Å². The normalized spacial score (nSPS) is 29.2. The van der Waals surface area contributed by atoms with Gasteiger partial charge in [0.1, 0.15) is 11.3 Å². The van der Waals surface area contributed by atoms with Crippen molar-refractivity contribution in [1.82, 2.24) is 14.5 Å². The van der Waals surface area contributed by atoms with Crippen molar-refractivity contribution in [2.75, 3.05) is 0 Å². The Labute approximate surface area is 162 Å². The van der Waals surface area contributed by atoms with Gasteiger partial charge in [-0.3, -0.25) is 4.79 Å². The van der Waals surface area contributed by atoms with E-state index in [1.54, 1.807) is 0 Å². The van der Waals surface area contributed by atoms with Gasteiger partial charge in [0.2, 0.25) is 0 Å². The quantitative estimate of drug-likeness (QED) is 0.752. The highest BCUT2D eigenvalue weighted by molar-refractivity contribution is 5.81. The van der Waals surface area contributed by atoms with Gasteiger partial charge in [0.25, 0.3) is 0 Å². The fraction of sp³-hybridized carbons (Fsp3) is 0.696. The van der Waals surface area contributed by atoms with Crippen LogP contribution in [0.25, 0.3) is 11.2 Å². The number of Topliss-reactive ketones (excluding diaryl/α,β-unsaturated/α-hetero) is 1. The number of imidazole rings is 1. The maximum Gasteiger partial charge on any atom is 0.159 e. The number of pyridine rings is 1. The Morgan fingerprint density at radius 2 is 1.85 bits per heavy atom. The molecule has 27 heavy (non-hydrogen) atoms. The molecule has 0 aromatic carbocycles. The van der Waals surface area contributed by atoms with Gasteiger partial charge in [0, 0.05) is 25.6 Å². The van der Waals surface area contributed by atoms with E-state index in [-0.39, 0.29) is 11.3 Å². The molecule has 0 aliphatic heterocycles. The second kappa shape index (κ2) is 6.72. The molecule has 2 saturated carbocycles. The summed E-state index contributed by atoms with van der Waals surface area (Å²) in [5.41, 5.74) is 3.54. The molecule has 4 heteroatoms. The Kier molecular flexibility index (Phi) is 4.64. The summed E-state index contributed by atoms with van der Waals surface area (Å²) >= 11 is 0. The monoisotopic (exact) mass is 367 g/mol. The first-order chi connectivity index (χ1) is 12.7. The number of fused-ring (bicyclic) bond motifs is 2. The fourth-order valence-corrected chi connectivity index (χ4v) is 5.65. The molecule has 5 atom stereocenters. The van der Waals surface area contributed by atoms with Crippen LogP contribution in [0.3, 0.4) is 0 Å². The summed E-state index contributed by atoms with van der Waals surface area (Å²) in [5, 5.41) is 0. The number of ketones is 1. The van der Waals surface area contributed by atoms with Crippen LogP contribution in [0.15, 0.2) is 18.6 Å². The van der Waals surface area contributed by atoms with Gasteiger partial charge in [-0.05, 0) is 66.4 Å². The topological polar surface area (TPSA) is 47.8 Å². The van der Waals surface area contributed by atoms with E-state index in [0.717, 1.165) is 23.0 Å². The van der Waals surface area contributed by atoms with E-state index in [2.05, 4.69) is 43.7 Å². The van der Waals surface area contributed by atoms with E-state index >= 15 is 0 Å². The SMILES string of the molecule is CC(C(=O)CC(C)(C)C)C1C[C@H]2CC(c3ccnc4c3ncn4C)C[C@H]2C1. The van der Waals surface area contributed by atoms with Gasteiger partial charge in [-0.25, -0.2) is 9.97 Å². The van der Waals surface area contributed by atoms with Gasteiger partial charge in [0.15, 0.2) is 5.65 Å². The van der Waals surface area contributed by atoms with Gasteiger partial charge < -0.3 is 4.57 Å². The molecule has 2 aromatic rings. The van der Waals surface area contributed by atoms with Gasteiger partial charge >= 0.3 is 0 Å². The van der Waals surface area contributed by atoms with Crippen LogP contribution < -0.4 is 0 Å². The van der Waals surface area contributed by atoms with Crippen LogP contribution in [0.2, 0.25) is 0 Å². The highest BCUT2D eigenvalue weighted by Gasteiger charge is 2.45. The van der Waals surface area contributed by atoms with E-state index < -0.39 is 0 Å². The lowest BCUT2D eigenvalue weighted by Gasteiger charge is -2.24. The van der Waals surface area contributed by atoms with Gasteiger partial charge in [-0.2, -0.15) is 0 Å². The Morgan fingerprint density at radius 3 is 2.48 bits per heavy atom. The summed E-state index contributed by atoms with van der Waals surface area (Å²) < 4.78 is 2.01. The molecule has 2 fully saturated rings. The first-order valence-electron chi connectivity index (χ1n) is 10.5. The van der Waals surface area contributed by atoms with Crippen LogP contribution in [-0.4, -0.2) is 20.3 Å². The number of carbonyl (C=O) groups excluding carboxylic acids is 1. The average Bonchev–Trinajstić information content (AvgIpc) is 3.25. The second-order valence-electron chi connectivity index (χ2n) is 10.3. The molecule has 3 unspecified atom stereocenters. The zero-order valence-corrected chi connectivity index (χ0v) is 17.4. The molecule has 0 N–H and O–H groups in total. The molecule has 0 saturated heterocycles. The number of hydrogen-bond donors (Lipinski definition) is 0. The lowest BCUT2D eigenvalue weighted by Crippen LogP contribution is -2.24. The third-order valence-corrected chi connectivity index (χ3v) is 7.04. The standard InChI is InChI=1S/C23H33N3O/c1-14(20(27)12-23(2,3)4)15-8-16-10-18(11-17(16)9-15)19-6-7-24-22-21(19)25-13-26(22)5/h6-7,13-18H,8-12H2,1-5H3/t14?,15?,16-,17+,18?. The fourth-order valence-electron chi connectivity index (χ4n) is 5.65. The molecule has 2 heterocycles. The molecule has 2 aliphatic carbocycles. The number of hydrogen-bond acceptors (Lipinski definition) is 3. The Morgan fingerprint density at radius 1 is 1.19 bits per heavy atom. The van der Waals surface area contributed by atoms with Crippen molar-refractivity contribution in [2.24, 2.45) is 36.1 Å². The van der Waals surface area contributed by atoms with E-state index in [4.69, 9.17) is 0 Å². The van der Waals surface area contributed by atoms with E-state index in [9.17, 15) is 4.79 Å². The molecular weight excluding hydrogens is 334 g/mol. The largest absolute Gasteiger partial charge is 0.318 e. The first kappa shape index (κ1) is 18.6. The molecule has 2 aliphatic rings. The minimum atomic E-state index is 0.0975. The van der Waals surface area contributed by atoms with Crippen LogP contribution in [0.4, 0.5) is 0 Å². The van der Waals surface area contributed by atoms with Crippen LogP contribution in [0.5, 0.6) is 0 Å². The highest BCUT2D eigenvalue weighted by atomic mass is 16.1. The van der Waals surface area contributed by atoms with Gasteiger partial charge in [-0.1, -0.05) is 27.7 Å². The molecule has 0 amide bonds. The Bertz CT molecular complexity index is 833. The van der Waals surface area contributed by atoms with Crippen LogP contribution in [0, 0.1) is 29.1 Å². The third kappa shape index (κ3) is 3.55. The predicted molar refractivity (Wildman–Crippen MR) is 108 cm³/mol. The summed E-state index contributed by atoms with van der Waals surface area (Å²) in [6.07, 6.45) is 9.47. The average molecular weight is 368 g/mol. The molecule has 4 nitrogen and oxygen atoms in total. The van der Waals surface area contributed by atoms with Crippen molar-refractivity contribution in [3.63, 3.8) is 0 Å². The van der Waals surface area contributed by atoms with Crippen molar-refractivity contribution < 1.29 is 4.79 Å². The molecule has 0 bridgehead atoms. The summed E-state index contributed by atoms with van der Waals surface area (Å²) in [6, 6.07) is 2.17. The van der Waals surface area contributed by atoms with Crippen molar-refractivity contribution in [3.8, 4) is 0 Å². The number of nitrogens with zero attached hydrogens (tertiary/aromatic N) is 3. The highest BCUT2D eigenvalue weighted by Crippen LogP contribution is 2.54. The summed E-state index contributed by atoms with van der Waals surface area (Å²) in [5.74, 6) is 3.42. The van der Waals surface area contributed by atoms with Crippen molar-refractivity contribution >= 4 is 16.9 Å². The Balaban J connectivity index is 1.43. The second-order valence-corrected chi connectivity index (χ2v) is 10.3. The summed E-state index contributed by atoms with van der Waals surface area (Å²) in [4.78, 5) is 21.8. The summed E-state index contributed by atoms with van der Waals surface area (Å²) in [6.45, 7) is 8.67. The molecular formula is C23H33N3O. The lowest BCUT2D eigenvalue weighted by atomic mass is 9.79. The summed E-state index contributed by atoms with van der Waals surface area (Å²) in [7, 11) is 2.01. The zero-order valence-electron chi connectivity index (χ0n) is 17.4. The first-order valence-corrected chi connectivity index (χ1v) is 10.5. The molecule has 0 radical (unpaired) electrons.